The van der Waals surface area contributed by atoms with Crippen molar-refractivity contribution in [2.45, 2.75) is 27.7 Å². The average molecular weight is 156 g/mol. The first-order chi connectivity index (χ1) is 4.86. The molecule has 1 aliphatic heterocycles. The largest absolute Gasteiger partial charge is 0.379 e. The Balaban J connectivity index is 2.68. The van der Waals surface area contributed by atoms with Gasteiger partial charge in [0.15, 0.2) is 0 Å². The Morgan fingerprint density at radius 3 is 1.91 bits per heavy atom. The van der Waals surface area contributed by atoms with Gasteiger partial charge >= 0.3 is 0 Å². The molecule has 2 nitrogen and oxygen atoms in total. The number of carbonyl (C=O) groups excluding carboxylic acids is 1. The first kappa shape index (κ1) is 8.72. The molecule has 0 unspecified atom stereocenters. The van der Waals surface area contributed by atoms with Gasteiger partial charge in [-0.2, -0.15) is 0 Å². The second kappa shape index (κ2) is 2.31. The Kier molecular flexibility index (Phi) is 1.83. The molecule has 2 heteroatoms. The second-order valence-corrected chi connectivity index (χ2v) is 4.63. The highest BCUT2D eigenvalue weighted by Gasteiger charge is 2.45. The Morgan fingerprint density at radius 1 is 1.36 bits per heavy atom. The summed E-state index contributed by atoms with van der Waals surface area (Å²) in [5.41, 5.74) is -0.420. The van der Waals surface area contributed by atoms with Crippen molar-refractivity contribution in [2.24, 2.45) is 10.8 Å². The van der Waals surface area contributed by atoms with Crippen molar-refractivity contribution in [3.05, 3.63) is 0 Å². The summed E-state index contributed by atoms with van der Waals surface area (Å²) in [6.45, 7) is 9.05. The van der Waals surface area contributed by atoms with Crippen LogP contribution in [0.25, 0.3) is 0 Å². The third-order valence-corrected chi connectivity index (χ3v) is 2.07. The highest BCUT2D eigenvalue weighted by atomic mass is 16.5. The van der Waals surface area contributed by atoms with Crippen molar-refractivity contribution < 1.29 is 9.53 Å². The van der Waals surface area contributed by atoms with E-state index in [-0.39, 0.29) is 10.8 Å². The van der Waals surface area contributed by atoms with E-state index in [0.29, 0.717) is 19.0 Å². The minimum absolute atomic E-state index is 0.196. The van der Waals surface area contributed by atoms with Crippen LogP contribution < -0.4 is 0 Å². The molecule has 1 rings (SSSR count). The van der Waals surface area contributed by atoms with Crippen LogP contribution in [0.5, 0.6) is 0 Å². The number of hydrogen-bond acceptors (Lipinski definition) is 2. The zero-order valence-corrected chi connectivity index (χ0v) is 7.73. The Bertz CT molecular complexity index is 172. The van der Waals surface area contributed by atoms with Gasteiger partial charge in [-0.15, -0.1) is 0 Å². The van der Waals surface area contributed by atoms with E-state index in [1.54, 1.807) is 0 Å². The summed E-state index contributed by atoms with van der Waals surface area (Å²) in [4.78, 5) is 11.7. The van der Waals surface area contributed by atoms with Gasteiger partial charge in [0, 0.05) is 5.41 Å². The van der Waals surface area contributed by atoms with E-state index in [2.05, 4.69) is 0 Å². The maximum atomic E-state index is 11.7. The summed E-state index contributed by atoms with van der Waals surface area (Å²) in [6.07, 6.45) is 0. The monoisotopic (exact) mass is 156 g/mol. The molecule has 1 aliphatic rings. The first-order valence-electron chi connectivity index (χ1n) is 3.99. The smallest absolute Gasteiger partial charge is 0.148 e. The molecule has 0 aromatic carbocycles. The zero-order valence-electron chi connectivity index (χ0n) is 7.73. The van der Waals surface area contributed by atoms with E-state index < -0.39 is 0 Å². The van der Waals surface area contributed by atoms with E-state index in [1.165, 1.54) is 0 Å². The Hall–Kier alpha value is -0.370. The number of ether oxygens (including phenoxy) is 1. The second-order valence-electron chi connectivity index (χ2n) is 4.63. The molecule has 11 heavy (non-hydrogen) atoms. The fraction of sp³-hybridized carbons (Fsp3) is 0.889. The predicted octanol–water partition coefficient (Wildman–Crippen LogP) is 1.64. The van der Waals surface area contributed by atoms with Crippen molar-refractivity contribution >= 4 is 5.78 Å². The highest BCUT2D eigenvalue weighted by molar-refractivity contribution is 5.89. The molecule has 0 aromatic heterocycles. The topological polar surface area (TPSA) is 26.3 Å². The van der Waals surface area contributed by atoms with Gasteiger partial charge in [-0.05, 0) is 6.92 Å². The van der Waals surface area contributed by atoms with E-state index in [4.69, 9.17) is 4.74 Å². The molecular formula is C9H16O2. The molecule has 0 saturated carbocycles. The molecule has 0 radical (unpaired) electrons. The highest BCUT2D eigenvalue weighted by Crippen LogP contribution is 2.35. The van der Waals surface area contributed by atoms with Crippen LogP contribution in [0, 0.1) is 10.8 Å². The SMILES string of the molecule is CC(C)(C)C(=O)C1(C)COC1. The fourth-order valence-electron chi connectivity index (χ4n) is 1.44. The van der Waals surface area contributed by atoms with Crippen molar-refractivity contribution in [1.29, 1.82) is 0 Å². The average Bonchev–Trinajstić information content (AvgIpc) is 1.79. The quantitative estimate of drug-likeness (QED) is 0.577. The first-order valence-corrected chi connectivity index (χ1v) is 3.99. The number of rotatable bonds is 1. The molecule has 1 fully saturated rings. The minimum atomic E-state index is -0.224. The molecule has 0 amide bonds. The number of hydrogen-bond donors (Lipinski definition) is 0. The predicted molar refractivity (Wildman–Crippen MR) is 43.4 cm³/mol. The summed E-state index contributed by atoms with van der Waals surface area (Å²) in [6, 6.07) is 0. The van der Waals surface area contributed by atoms with Crippen LogP contribution in [0.1, 0.15) is 27.7 Å². The Morgan fingerprint density at radius 2 is 1.82 bits per heavy atom. The van der Waals surface area contributed by atoms with E-state index in [9.17, 15) is 4.79 Å². The molecule has 0 N–H and O–H groups in total. The number of carbonyl (C=O) groups is 1. The third kappa shape index (κ3) is 1.45. The molecule has 1 heterocycles. The van der Waals surface area contributed by atoms with Crippen LogP contribution in [-0.4, -0.2) is 19.0 Å². The van der Waals surface area contributed by atoms with Gasteiger partial charge in [0.1, 0.15) is 5.78 Å². The number of ketones is 1. The van der Waals surface area contributed by atoms with Crippen molar-refractivity contribution in [1.82, 2.24) is 0 Å². The molecule has 64 valence electrons. The molecule has 0 bridgehead atoms. The molecule has 0 atom stereocenters. The summed E-state index contributed by atoms with van der Waals surface area (Å²) >= 11 is 0. The van der Waals surface area contributed by atoms with Crippen LogP contribution in [-0.2, 0) is 9.53 Å². The van der Waals surface area contributed by atoms with Crippen molar-refractivity contribution in [2.75, 3.05) is 13.2 Å². The van der Waals surface area contributed by atoms with Crippen LogP contribution >= 0.6 is 0 Å². The van der Waals surface area contributed by atoms with Crippen LogP contribution in [0.3, 0.4) is 0 Å². The van der Waals surface area contributed by atoms with Gasteiger partial charge < -0.3 is 4.74 Å². The van der Waals surface area contributed by atoms with Crippen molar-refractivity contribution in [3.63, 3.8) is 0 Å². The lowest BCUT2D eigenvalue weighted by molar-refractivity contribution is -0.163. The summed E-state index contributed by atoms with van der Waals surface area (Å²) < 4.78 is 5.03. The summed E-state index contributed by atoms with van der Waals surface area (Å²) in [5.74, 6) is 0.316. The number of Topliss-reactive ketones (excluding diaryl/α,β-unsaturated/α-hetero) is 1. The van der Waals surface area contributed by atoms with Gasteiger partial charge in [-0.3, -0.25) is 4.79 Å². The maximum Gasteiger partial charge on any atom is 0.148 e. The lowest BCUT2D eigenvalue weighted by Gasteiger charge is -2.40. The van der Waals surface area contributed by atoms with Gasteiger partial charge in [-0.25, -0.2) is 0 Å². The van der Waals surface area contributed by atoms with Crippen LogP contribution in [0.2, 0.25) is 0 Å². The molecule has 1 saturated heterocycles. The van der Waals surface area contributed by atoms with Gasteiger partial charge in [-0.1, -0.05) is 20.8 Å². The third-order valence-electron chi connectivity index (χ3n) is 2.07. The van der Waals surface area contributed by atoms with Gasteiger partial charge in [0.25, 0.3) is 0 Å². The van der Waals surface area contributed by atoms with E-state index >= 15 is 0 Å². The van der Waals surface area contributed by atoms with E-state index in [1.807, 2.05) is 27.7 Å². The van der Waals surface area contributed by atoms with Crippen molar-refractivity contribution in [3.8, 4) is 0 Å². The Labute approximate surface area is 67.9 Å². The van der Waals surface area contributed by atoms with Crippen LogP contribution in [0.4, 0.5) is 0 Å². The standard InChI is InChI=1S/C9H16O2/c1-8(2,3)7(10)9(4)5-11-6-9/h5-6H2,1-4H3. The molecule has 0 spiro atoms. The van der Waals surface area contributed by atoms with E-state index in [0.717, 1.165) is 0 Å². The van der Waals surface area contributed by atoms with Crippen LogP contribution in [0.15, 0.2) is 0 Å². The van der Waals surface area contributed by atoms with Gasteiger partial charge in [0.05, 0.1) is 18.6 Å². The lowest BCUT2D eigenvalue weighted by atomic mass is 9.72. The fourth-order valence-corrected chi connectivity index (χ4v) is 1.44. The molecule has 0 aliphatic carbocycles. The molecular weight excluding hydrogens is 140 g/mol. The normalized spacial score (nSPS) is 22.5. The summed E-state index contributed by atoms with van der Waals surface area (Å²) in [7, 11) is 0. The van der Waals surface area contributed by atoms with Gasteiger partial charge in [0.2, 0.25) is 0 Å². The zero-order chi connectivity index (χ0) is 8.70. The molecule has 0 aromatic rings. The minimum Gasteiger partial charge on any atom is -0.379 e. The lowest BCUT2D eigenvalue weighted by Crippen LogP contribution is -2.50. The maximum absolute atomic E-state index is 11.7. The summed E-state index contributed by atoms with van der Waals surface area (Å²) in [5, 5.41) is 0.